The molecule has 0 radical (unpaired) electrons. The van der Waals surface area contributed by atoms with Crippen molar-refractivity contribution in [3.63, 3.8) is 0 Å². The minimum Gasteiger partial charge on any atom is -0.495 e. The number of esters is 1. The number of methoxy groups -OCH3 is 2. The molecule has 8 heteroatoms. The van der Waals surface area contributed by atoms with Crippen LogP contribution in [-0.2, 0) is 23.7 Å². The molecule has 1 saturated carbocycles. The first-order valence-corrected chi connectivity index (χ1v) is 11.8. The van der Waals surface area contributed by atoms with Gasteiger partial charge in [0.25, 0.3) is 0 Å². The van der Waals surface area contributed by atoms with Crippen molar-refractivity contribution in [2.45, 2.75) is 69.5 Å². The molecule has 1 aliphatic carbocycles. The van der Waals surface area contributed by atoms with E-state index in [2.05, 4.69) is 38.2 Å². The summed E-state index contributed by atoms with van der Waals surface area (Å²) in [6.07, 6.45) is 3.94. The van der Waals surface area contributed by atoms with Crippen LogP contribution in [-0.4, -0.2) is 62.9 Å². The van der Waals surface area contributed by atoms with Gasteiger partial charge in [-0.25, -0.2) is 0 Å². The first-order chi connectivity index (χ1) is 16.3. The molecule has 0 aromatic heterocycles. The molecule has 0 amide bonds. The molecule has 3 aliphatic rings. The highest BCUT2D eigenvalue weighted by Crippen LogP contribution is 2.59. The molecule has 34 heavy (non-hydrogen) atoms. The molecule has 3 fully saturated rings. The summed E-state index contributed by atoms with van der Waals surface area (Å²) in [4.78, 5) is 12.7. The first-order valence-electron chi connectivity index (χ1n) is 11.8. The standard InChI is InChI=1S/C26H34N2O6/c1-16(2)6-9-21-25(3,34-21)24-23(31-5)20(10-11-26(24)15-32-26)33-22(29)14-28-18-7-8-19(30-4)17(12-18)13-27/h6-8,12,20-21,23-24,28H,9-11,14-15H2,1-5H3/t20-,21-,23-,24-,25-,26+/m1/s1. The number of hydrogen-bond acceptors (Lipinski definition) is 8. The van der Waals surface area contributed by atoms with Crippen LogP contribution in [0.4, 0.5) is 5.69 Å². The molecule has 2 aliphatic heterocycles. The predicted molar refractivity (Wildman–Crippen MR) is 126 cm³/mol. The van der Waals surface area contributed by atoms with E-state index in [1.165, 1.54) is 12.7 Å². The molecule has 8 nitrogen and oxygen atoms in total. The van der Waals surface area contributed by atoms with Crippen LogP contribution in [0, 0.1) is 17.2 Å². The van der Waals surface area contributed by atoms with Crippen molar-refractivity contribution in [3.05, 3.63) is 35.4 Å². The maximum atomic E-state index is 12.7. The summed E-state index contributed by atoms with van der Waals surface area (Å²) in [6, 6.07) is 7.18. The molecule has 1 spiro atoms. The molecular formula is C26H34N2O6. The fraction of sp³-hybridized carbons (Fsp3) is 0.615. The molecule has 2 heterocycles. The van der Waals surface area contributed by atoms with E-state index in [4.69, 9.17) is 23.7 Å². The Morgan fingerprint density at radius 1 is 1.35 bits per heavy atom. The second-order valence-corrected chi connectivity index (χ2v) is 9.79. The topological polar surface area (TPSA) is 106 Å². The monoisotopic (exact) mass is 470 g/mol. The van der Waals surface area contributed by atoms with E-state index in [0.717, 1.165) is 12.8 Å². The Balaban J connectivity index is 1.40. The number of carbonyl (C=O) groups is 1. The van der Waals surface area contributed by atoms with Crippen LogP contribution in [0.15, 0.2) is 29.8 Å². The number of nitrogens with zero attached hydrogens (tertiary/aromatic N) is 1. The third kappa shape index (κ3) is 4.78. The Kier molecular flexibility index (Phi) is 6.90. The Morgan fingerprint density at radius 3 is 2.74 bits per heavy atom. The van der Waals surface area contributed by atoms with E-state index in [1.54, 1.807) is 25.3 Å². The Bertz CT molecular complexity index is 993. The Morgan fingerprint density at radius 2 is 2.12 bits per heavy atom. The lowest BCUT2D eigenvalue weighted by atomic mass is 9.68. The van der Waals surface area contributed by atoms with E-state index >= 15 is 0 Å². The molecular weight excluding hydrogens is 436 g/mol. The quantitative estimate of drug-likeness (QED) is 0.332. The fourth-order valence-electron chi connectivity index (χ4n) is 5.36. The van der Waals surface area contributed by atoms with Crippen LogP contribution < -0.4 is 10.1 Å². The van der Waals surface area contributed by atoms with Crippen molar-refractivity contribution >= 4 is 11.7 Å². The average Bonchev–Trinajstić information content (AvgIpc) is 3.74. The third-order valence-corrected chi connectivity index (χ3v) is 7.28. The molecule has 6 atom stereocenters. The summed E-state index contributed by atoms with van der Waals surface area (Å²) in [6.45, 7) is 6.96. The lowest BCUT2D eigenvalue weighted by Crippen LogP contribution is -2.55. The van der Waals surface area contributed by atoms with Gasteiger partial charge in [0.15, 0.2) is 0 Å². The van der Waals surface area contributed by atoms with Crippen molar-refractivity contribution in [1.29, 1.82) is 5.26 Å². The maximum absolute atomic E-state index is 12.7. The van der Waals surface area contributed by atoms with Crippen molar-refractivity contribution in [3.8, 4) is 11.8 Å². The van der Waals surface area contributed by atoms with Gasteiger partial charge in [-0.2, -0.15) is 5.26 Å². The molecule has 1 aromatic carbocycles. The van der Waals surface area contributed by atoms with Crippen LogP contribution in [0.1, 0.15) is 45.6 Å². The molecule has 0 bridgehead atoms. The smallest absolute Gasteiger partial charge is 0.325 e. The fourth-order valence-corrected chi connectivity index (χ4v) is 5.36. The summed E-state index contributed by atoms with van der Waals surface area (Å²) in [7, 11) is 3.17. The van der Waals surface area contributed by atoms with Crippen molar-refractivity contribution in [2.75, 3.05) is 32.7 Å². The minimum atomic E-state index is -0.380. The zero-order valence-corrected chi connectivity index (χ0v) is 20.6. The number of nitrogens with one attached hydrogen (secondary N) is 1. The van der Waals surface area contributed by atoms with Gasteiger partial charge in [-0.05, 0) is 58.2 Å². The van der Waals surface area contributed by atoms with Crippen LogP contribution in [0.5, 0.6) is 5.75 Å². The normalized spacial score (nSPS) is 33.5. The molecule has 184 valence electrons. The van der Waals surface area contributed by atoms with Gasteiger partial charge in [-0.3, -0.25) is 4.79 Å². The lowest BCUT2D eigenvalue weighted by Gasteiger charge is -2.42. The lowest BCUT2D eigenvalue weighted by molar-refractivity contribution is -0.170. The van der Waals surface area contributed by atoms with E-state index in [0.29, 0.717) is 30.0 Å². The Labute approximate surface area is 201 Å². The molecule has 4 rings (SSSR count). The summed E-state index contributed by atoms with van der Waals surface area (Å²) in [5.74, 6) is 0.0947. The SMILES string of the molecule is COc1ccc(NCC(=O)O[C@@H]2CC[C@]3(CO3)[C@@H]([C@]3(C)O[C@@H]3CC=C(C)C)[C@@H]2OC)cc1C#N. The number of benzene rings is 1. The van der Waals surface area contributed by atoms with Gasteiger partial charge >= 0.3 is 5.97 Å². The highest BCUT2D eigenvalue weighted by molar-refractivity contribution is 5.75. The summed E-state index contributed by atoms with van der Waals surface area (Å²) < 4.78 is 29.1. The van der Waals surface area contributed by atoms with E-state index in [-0.39, 0.29) is 47.9 Å². The average molecular weight is 471 g/mol. The zero-order valence-electron chi connectivity index (χ0n) is 20.6. The van der Waals surface area contributed by atoms with Crippen LogP contribution in [0.3, 0.4) is 0 Å². The van der Waals surface area contributed by atoms with Crippen LogP contribution >= 0.6 is 0 Å². The van der Waals surface area contributed by atoms with Gasteiger partial charge in [0.2, 0.25) is 0 Å². The number of allylic oxidation sites excluding steroid dienone is 1. The van der Waals surface area contributed by atoms with Gasteiger partial charge in [0, 0.05) is 12.8 Å². The maximum Gasteiger partial charge on any atom is 0.325 e. The summed E-state index contributed by atoms with van der Waals surface area (Å²) in [5, 5.41) is 12.3. The predicted octanol–water partition coefficient (Wildman–Crippen LogP) is 3.60. The van der Waals surface area contributed by atoms with Crippen molar-refractivity contribution in [1.82, 2.24) is 0 Å². The highest BCUT2D eigenvalue weighted by atomic mass is 16.6. The van der Waals surface area contributed by atoms with Gasteiger partial charge in [0.05, 0.1) is 31.3 Å². The van der Waals surface area contributed by atoms with Gasteiger partial charge in [-0.15, -0.1) is 0 Å². The number of ether oxygens (including phenoxy) is 5. The molecule has 2 saturated heterocycles. The number of rotatable bonds is 9. The molecule has 1 N–H and O–H groups in total. The van der Waals surface area contributed by atoms with Crippen LogP contribution in [0.25, 0.3) is 0 Å². The Hall–Kier alpha value is -2.60. The van der Waals surface area contributed by atoms with E-state index < -0.39 is 0 Å². The molecule has 0 unspecified atom stereocenters. The number of nitriles is 1. The van der Waals surface area contributed by atoms with Crippen molar-refractivity contribution in [2.24, 2.45) is 5.92 Å². The number of epoxide rings is 2. The number of carbonyl (C=O) groups excluding carboxylic acids is 1. The van der Waals surface area contributed by atoms with Crippen molar-refractivity contribution < 1.29 is 28.5 Å². The largest absolute Gasteiger partial charge is 0.495 e. The van der Waals surface area contributed by atoms with Gasteiger partial charge < -0.3 is 29.0 Å². The van der Waals surface area contributed by atoms with E-state index in [9.17, 15) is 10.1 Å². The van der Waals surface area contributed by atoms with E-state index in [1.807, 2.05) is 0 Å². The third-order valence-electron chi connectivity index (χ3n) is 7.28. The minimum absolute atomic E-state index is 0.0140. The van der Waals surface area contributed by atoms with Gasteiger partial charge in [0.1, 0.15) is 41.8 Å². The second-order valence-electron chi connectivity index (χ2n) is 9.79. The summed E-state index contributed by atoms with van der Waals surface area (Å²) in [5.41, 5.74) is 1.67. The second kappa shape index (κ2) is 9.57. The number of anilines is 1. The first kappa shape index (κ1) is 24.5. The van der Waals surface area contributed by atoms with Gasteiger partial charge in [-0.1, -0.05) is 11.6 Å². The van der Waals surface area contributed by atoms with Crippen LogP contribution in [0.2, 0.25) is 0 Å². The number of hydrogen-bond donors (Lipinski definition) is 1. The molecule has 1 aromatic rings. The highest BCUT2D eigenvalue weighted by Gasteiger charge is 2.72. The zero-order chi connectivity index (χ0) is 24.5. The summed E-state index contributed by atoms with van der Waals surface area (Å²) >= 11 is 0.